The third kappa shape index (κ3) is 3.79. The van der Waals surface area contributed by atoms with Crippen molar-refractivity contribution < 1.29 is 13.2 Å². The van der Waals surface area contributed by atoms with Crippen molar-refractivity contribution in [1.82, 2.24) is 9.62 Å². The molecule has 0 bridgehead atoms. The van der Waals surface area contributed by atoms with E-state index in [0.717, 1.165) is 11.1 Å². The fraction of sp³-hybridized carbons (Fsp3) is 0.391. The number of nitrogens with one attached hydrogen (secondary N) is 1. The van der Waals surface area contributed by atoms with Crippen molar-refractivity contribution in [3.05, 3.63) is 65.7 Å². The maximum atomic E-state index is 13.1. The second kappa shape index (κ2) is 7.32. The number of carbonyl (C=O) groups is 1. The molecular formula is C23H27N3O3S. The van der Waals surface area contributed by atoms with Gasteiger partial charge in [-0.2, -0.15) is 4.31 Å². The van der Waals surface area contributed by atoms with Gasteiger partial charge in [-0.15, -0.1) is 0 Å². The summed E-state index contributed by atoms with van der Waals surface area (Å²) < 4.78 is 27.7. The minimum atomic E-state index is -3.58. The summed E-state index contributed by atoms with van der Waals surface area (Å²) in [5, 5.41) is 2.99. The maximum Gasteiger partial charge on any atom is 0.272 e. The molecule has 0 atom stereocenters. The van der Waals surface area contributed by atoms with Gasteiger partial charge >= 0.3 is 0 Å². The summed E-state index contributed by atoms with van der Waals surface area (Å²) >= 11 is 0. The summed E-state index contributed by atoms with van der Waals surface area (Å²) in [6, 6.07) is 16.5. The predicted octanol–water partition coefficient (Wildman–Crippen LogP) is 3.08. The van der Waals surface area contributed by atoms with E-state index in [4.69, 9.17) is 4.99 Å². The molecule has 1 saturated heterocycles. The number of benzene rings is 2. The van der Waals surface area contributed by atoms with E-state index < -0.39 is 15.7 Å². The highest BCUT2D eigenvalue weighted by Crippen LogP contribution is 2.32. The topological polar surface area (TPSA) is 78.8 Å². The van der Waals surface area contributed by atoms with E-state index in [0.29, 0.717) is 36.5 Å². The fourth-order valence-corrected chi connectivity index (χ4v) is 5.41. The Morgan fingerprint density at radius 2 is 1.57 bits per heavy atom. The largest absolute Gasteiger partial charge is 0.326 e. The lowest BCUT2D eigenvalue weighted by atomic mass is 9.87. The lowest BCUT2D eigenvalue weighted by molar-refractivity contribution is -0.115. The molecule has 6 nitrogen and oxygen atoms in total. The van der Waals surface area contributed by atoms with Crippen molar-refractivity contribution in [2.24, 2.45) is 4.99 Å². The Hall–Kier alpha value is -2.51. The Bertz CT molecular complexity index is 1080. The van der Waals surface area contributed by atoms with Gasteiger partial charge in [0.2, 0.25) is 10.0 Å². The average molecular weight is 426 g/mol. The van der Waals surface area contributed by atoms with Crippen LogP contribution in [-0.4, -0.2) is 43.1 Å². The highest BCUT2D eigenvalue weighted by atomic mass is 32.2. The first-order valence-electron chi connectivity index (χ1n) is 10.2. The molecule has 2 aliphatic rings. The van der Waals surface area contributed by atoms with Crippen molar-refractivity contribution in [3.63, 3.8) is 0 Å². The second-order valence-corrected chi connectivity index (χ2v) is 10.9. The Balaban J connectivity index is 1.50. The Morgan fingerprint density at radius 1 is 0.967 bits per heavy atom. The number of aliphatic imine (C=N–C) groups is 1. The summed E-state index contributed by atoms with van der Waals surface area (Å²) in [6.45, 7) is 6.92. The summed E-state index contributed by atoms with van der Waals surface area (Å²) in [7, 11) is -3.58. The molecule has 0 unspecified atom stereocenters. The van der Waals surface area contributed by atoms with Gasteiger partial charge in [0.15, 0.2) is 0 Å². The number of hydrogen-bond donors (Lipinski definition) is 1. The lowest BCUT2D eigenvalue weighted by Gasteiger charge is -2.36. The van der Waals surface area contributed by atoms with Crippen LogP contribution >= 0.6 is 0 Å². The van der Waals surface area contributed by atoms with Gasteiger partial charge in [0.1, 0.15) is 11.4 Å². The van der Waals surface area contributed by atoms with Gasteiger partial charge in [-0.25, -0.2) is 8.42 Å². The molecule has 0 aliphatic carbocycles. The molecule has 2 heterocycles. The second-order valence-electron chi connectivity index (χ2n) is 8.99. The number of piperidine rings is 1. The van der Waals surface area contributed by atoms with E-state index in [-0.39, 0.29) is 11.3 Å². The van der Waals surface area contributed by atoms with Crippen molar-refractivity contribution in [1.29, 1.82) is 0 Å². The van der Waals surface area contributed by atoms with Crippen molar-refractivity contribution in [3.8, 4) is 0 Å². The van der Waals surface area contributed by atoms with Crippen molar-refractivity contribution in [2.45, 2.75) is 49.6 Å². The van der Waals surface area contributed by atoms with Gasteiger partial charge in [-0.05, 0) is 23.1 Å². The molecule has 158 valence electrons. The van der Waals surface area contributed by atoms with Crippen LogP contribution in [0.15, 0.2) is 64.5 Å². The van der Waals surface area contributed by atoms with E-state index in [1.807, 2.05) is 42.5 Å². The number of nitrogens with zero attached hydrogens (tertiary/aromatic N) is 2. The predicted molar refractivity (Wildman–Crippen MR) is 117 cm³/mol. The van der Waals surface area contributed by atoms with Gasteiger partial charge < -0.3 is 5.32 Å². The minimum absolute atomic E-state index is 0.0328. The zero-order chi connectivity index (χ0) is 21.6. The average Bonchev–Trinajstić information content (AvgIpc) is 3.04. The van der Waals surface area contributed by atoms with Crippen LogP contribution in [0.25, 0.3) is 0 Å². The Morgan fingerprint density at radius 3 is 2.13 bits per heavy atom. The Labute approximate surface area is 178 Å². The van der Waals surface area contributed by atoms with Crippen LogP contribution in [0, 0.1) is 0 Å². The van der Waals surface area contributed by atoms with E-state index in [2.05, 4.69) is 26.1 Å². The first kappa shape index (κ1) is 20.8. The van der Waals surface area contributed by atoms with Crippen LogP contribution in [0.4, 0.5) is 0 Å². The molecule has 0 radical (unpaired) electrons. The molecule has 2 aliphatic heterocycles. The molecule has 30 heavy (non-hydrogen) atoms. The fourth-order valence-electron chi connectivity index (χ4n) is 3.96. The maximum absolute atomic E-state index is 13.1. The summed E-state index contributed by atoms with van der Waals surface area (Å²) in [6.07, 6.45) is 0.906. The Kier molecular flexibility index (Phi) is 5.06. The van der Waals surface area contributed by atoms with Gasteiger partial charge in [-0.1, -0.05) is 63.2 Å². The van der Waals surface area contributed by atoms with Crippen molar-refractivity contribution in [2.75, 3.05) is 13.1 Å². The molecule has 0 aromatic heterocycles. The van der Waals surface area contributed by atoms with Crippen LogP contribution < -0.4 is 5.32 Å². The first-order chi connectivity index (χ1) is 14.1. The molecule has 1 fully saturated rings. The smallest absolute Gasteiger partial charge is 0.272 e. The number of sulfonamides is 1. The van der Waals surface area contributed by atoms with Crippen LogP contribution in [0.5, 0.6) is 0 Å². The van der Waals surface area contributed by atoms with E-state index >= 15 is 0 Å². The van der Waals surface area contributed by atoms with Crippen LogP contribution in [0.3, 0.4) is 0 Å². The molecule has 4 rings (SSSR count). The van der Waals surface area contributed by atoms with Crippen LogP contribution in [0.1, 0.15) is 44.7 Å². The van der Waals surface area contributed by atoms with Gasteiger partial charge in [0.05, 0.1) is 4.90 Å². The van der Waals surface area contributed by atoms with E-state index in [9.17, 15) is 13.2 Å². The van der Waals surface area contributed by atoms with Crippen molar-refractivity contribution >= 4 is 21.6 Å². The van der Waals surface area contributed by atoms with Gasteiger partial charge in [-0.3, -0.25) is 9.79 Å². The van der Waals surface area contributed by atoms with Gasteiger partial charge in [0.25, 0.3) is 5.91 Å². The number of carbonyl (C=O) groups excluding carboxylic acids is 1. The highest BCUT2D eigenvalue weighted by molar-refractivity contribution is 7.89. The molecule has 2 aromatic rings. The lowest BCUT2D eigenvalue weighted by Crippen LogP contribution is -2.52. The number of amides is 1. The standard InChI is InChI=1S/C23H27N3O3S/c1-22(2,3)18-9-11-19(12-10-18)30(28,29)26-15-13-23(14-16-26)24-20(21(27)25-23)17-7-5-4-6-8-17/h4-12H,13-16H2,1-3H3,(H,25,27). The normalized spacial score (nSPS) is 19.6. The van der Waals surface area contributed by atoms with E-state index in [1.165, 1.54) is 4.31 Å². The summed E-state index contributed by atoms with van der Waals surface area (Å²) in [4.78, 5) is 17.5. The third-order valence-corrected chi connectivity index (χ3v) is 7.75. The van der Waals surface area contributed by atoms with E-state index in [1.54, 1.807) is 12.1 Å². The molecule has 1 N–H and O–H groups in total. The molecule has 1 amide bonds. The van der Waals surface area contributed by atoms with Crippen LogP contribution in [-0.2, 0) is 20.2 Å². The molecule has 2 aromatic carbocycles. The minimum Gasteiger partial charge on any atom is -0.326 e. The summed E-state index contributed by atoms with van der Waals surface area (Å²) in [5.41, 5.74) is 1.54. The zero-order valence-corrected chi connectivity index (χ0v) is 18.4. The monoisotopic (exact) mass is 425 g/mol. The molecule has 7 heteroatoms. The SMILES string of the molecule is CC(C)(C)c1ccc(S(=O)(=O)N2CCC3(CC2)N=C(c2ccccc2)C(=O)N3)cc1. The van der Waals surface area contributed by atoms with Crippen LogP contribution in [0.2, 0.25) is 0 Å². The molecular weight excluding hydrogens is 398 g/mol. The zero-order valence-electron chi connectivity index (χ0n) is 17.6. The quantitative estimate of drug-likeness (QED) is 0.821. The summed E-state index contributed by atoms with van der Waals surface area (Å²) in [5.74, 6) is -0.199. The number of hydrogen-bond acceptors (Lipinski definition) is 4. The molecule has 1 spiro atoms. The highest BCUT2D eigenvalue weighted by Gasteiger charge is 2.44. The molecule has 0 saturated carbocycles. The van der Waals surface area contributed by atoms with Gasteiger partial charge in [0, 0.05) is 31.5 Å². The third-order valence-electron chi connectivity index (χ3n) is 5.84. The first-order valence-corrected chi connectivity index (χ1v) is 11.6. The number of rotatable bonds is 3.